The Kier molecular flexibility index (Phi) is 5.14. The van der Waals surface area contributed by atoms with Gasteiger partial charge in [0.25, 0.3) is 5.91 Å². The molecule has 3 amide bonds. The molecule has 0 radical (unpaired) electrons. The summed E-state index contributed by atoms with van der Waals surface area (Å²) in [4.78, 5) is 28.2. The highest BCUT2D eigenvalue weighted by atomic mass is 35.5. The normalized spacial score (nSPS) is 27.9. The fourth-order valence-corrected chi connectivity index (χ4v) is 4.43. The molecule has 1 aromatic rings. The second-order valence-electron chi connectivity index (χ2n) is 6.93. The van der Waals surface area contributed by atoms with E-state index in [1.54, 1.807) is 23.1 Å². The van der Waals surface area contributed by atoms with Crippen molar-refractivity contribution >= 4 is 41.6 Å². The molecule has 2 saturated heterocycles. The number of halogens is 2. The van der Waals surface area contributed by atoms with Crippen LogP contribution in [-0.2, 0) is 0 Å². The first kappa shape index (κ1) is 18.3. The van der Waals surface area contributed by atoms with Crippen molar-refractivity contribution in [2.75, 3.05) is 31.1 Å². The van der Waals surface area contributed by atoms with Gasteiger partial charge in [-0.1, -0.05) is 11.6 Å². The Morgan fingerprint density at radius 3 is 2.76 bits per heavy atom. The maximum Gasteiger partial charge on any atom is 0.322 e. The minimum absolute atomic E-state index is 0. The van der Waals surface area contributed by atoms with Crippen LogP contribution < -0.4 is 16.0 Å². The molecule has 1 saturated carbocycles. The molecule has 8 heteroatoms. The van der Waals surface area contributed by atoms with Crippen molar-refractivity contribution in [3.05, 3.63) is 28.8 Å². The van der Waals surface area contributed by atoms with E-state index in [0.717, 1.165) is 25.9 Å². The monoisotopic (exact) mass is 384 g/mol. The number of hydrogen-bond donors (Lipinski definition) is 2. The van der Waals surface area contributed by atoms with E-state index in [1.807, 2.05) is 4.90 Å². The largest absolute Gasteiger partial charge is 0.338 e. The number of amides is 3. The minimum atomic E-state index is -0.178. The zero-order chi connectivity index (χ0) is 16.8. The molecule has 3 aliphatic rings. The second-order valence-corrected chi connectivity index (χ2v) is 7.33. The Balaban J connectivity index is 0.00000182. The number of anilines is 1. The third-order valence-corrected chi connectivity index (χ3v) is 5.86. The zero-order valence-corrected chi connectivity index (χ0v) is 15.4. The minimum Gasteiger partial charge on any atom is -0.338 e. The highest BCUT2D eigenvalue weighted by molar-refractivity contribution is 6.34. The lowest BCUT2D eigenvalue weighted by Gasteiger charge is -2.21. The Morgan fingerprint density at radius 2 is 2.08 bits per heavy atom. The SMILES string of the molecule is Cl.NC1CCC2CN(C(=O)c3ccc(Cl)c(N4CCNC4=O)c3)CC12. The molecule has 6 nitrogen and oxygen atoms in total. The van der Waals surface area contributed by atoms with Crippen molar-refractivity contribution in [1.82, 2.24) is 10.2 Å². The lowest BCUT2D eigenvalue weighted by Crippen LogP contribution is -2.33. The summed E-state index contributed by atoms with van der Waals surface area (Å²) >= 11 is 6.24. The summed E-state index contributed by atoms with van der Waals surface area (Å²) in [5.74, 6) is 0.944. The summed E-state index contributed by atoms with van der Waals surface area (Å²) in [5.41, 5.74) is 7.32. The molecular formula is C17H22Cl2N4O2. The summed E-state index contributed by atoms with van der Waals surface area (Å²) in [7, 11) is 0. The van der Waals surface area contributed by atoms with Gasteiger partial charge >= 0.3 is 6.03 Å². The average Bonchev–Trinajstić information content (AvgIpc) is 3.25. The van der Waals surface area contributed by atoms with Crippen LogP contribution in [0.25, 0.3) is 0 Å². The second kappa shape index (κ2) is 7.02. The average molecular weight is 385 g/mol. The fourth-order valence-electron chi connectivity index (χ4n) is 4.21. The lowest BCUT2D eigenvalue weighted by molar-refractivity contribution is 0.0779. The van der Waals surface area contributed by atoms with Crippen LogP contribution in [0.1, 0.15) is 23.2 Å². The van der Waals surface area contributed by atoms with Crippen molar-refractivity contribution < 1.29 is 9.59 Å². The molecule has 1 aromatic carbocycles. The smallest absolute Gasteiger partial charge is 0.322 e. The molecule has 1 aliphatic carbocycles. The van der Waals surface area contributed by atoms with Crippen molar-refractivity contribution in [1.29, 1.82) is 0 Å². The predicted octanol–water partition coefficient (Wildman–Crippen LogP) is 2.10. The third-order valence-electron chi connectivity index (χ3n) is 5.54. The predicted molar refractivity (Wildman–Crippen MR) is 99.5 cm³/mol. The van der Waals surface area contributed by atoms with Crippen LogP contribution in [0, 0.1) is 11.8 Å². The van der Waals surface area contributed by atoms with Crippen LogP contribution in [0.5, 0.6) is 0 Å². The number of benzene rings is 1. The van der Waals surface area contributed by atoms with E-state index < -0.39 is 0 Å². The van der Waals surface area contributed by atoms with Gasteiger partial charge in [0, 0.05) is 37.8 Å². The molecule has 3 unspecified atom stereocenters. The lowest BCUT2D eigenvalue weighted by atomic mass is 9.98. The summed E-state index contributed by atoms with van der Waals surface area (Å²) in [6.45, 7) is 2.64. The molecular weight excluding hydrogens is 363 g/mol. The third kappa shape index (κ3) is 3.18. The van der Waals surface area contributed by atoms with Crippen molar-refractivity contribution in [2.45, 2.75) is 18.9 Å². The molecule has 3 atom stereocenters. The van der Waals surface area contributed by atoms with Crippen LogP contribution in [0.15, 0.2) is 18.2 Å². The van der Waals surface area contributed by atoms with E-state index >= 15 is 0 Å². The Morgan fingerprint density at radius 1 is 1.28 bits per heavy atom. The van der Waals surface area contributed by atoms with E-state index in [1.165, 1.54) is 0 Å². The fraction of sp³-hybridized carbons (Fsp3) is 0.529. The highest BCUT2D eigenvalue weighted by Gasteiger charge is 2.42. The Bertz CT molecular complexity index is 699. The van der Waals surface area contributed by atoms with Crippen LogP contribution in [0.3, 0.4) is 0 Å². The number of fused-ring (bicyclic) bond motifs is 1. The number of likely N-dealkylation sites (tertiary alicyclic amines) is 1. The molecule has 3 fully saturated rings. The van der Waals surface area contributed by atoms with Gasteiger partial charge in [-0.2, -0.15) is 0 Å². The summed E-state index contributed by atoms with van der Waals surface area (Å²) < 4.78 is 0. The summed E-state index contributed by atoms with van der Waals surface area (Å²) in [5, 5.41) is 3.23. The van der Waals surface area contributed by atoms with Gasteiger partial charge in [0.1, 0.15) is 0 Å². The molecule has 25 heavy (non-hydrogen) atoms. The van der Waals surface area contributed by atoms with E-state index in [9.17, 15) is 9.59 Å². The van der Waals surface area contributed by atoms with Gasteiger partial charge in [0.15, 0.2) is 0 Å². The molecule has 0 spiro atoms. The summed E-state index contributed by atoms with van der Waals surface area (Å²) in [6.07, 6.45) is 2.17. The van der Waals surface area contributed by atoms with Crippen molar-refractivity contribution in [2.24, 2.45) is 17.6 Å². The number of nitrogens with zero attached hydrogens (tertiary/aromatic N) is 2. The van der Waals surface area contributed by atoms with Crippen LogP contribution in [0.2, 0.25) is 5.02 Å². The molecule has 0 bridgehead atoms. The van der Waals surface area contributed by atoms with Crippen molar-refractivity contribution in [3.8, 4) is 0 Å². The molecule has 0 aromatic heterocycles. The van der Waals surface area contributed by atoms with Crippen molar-refractivity contribution in [3.63, 3.8) is 0 Å². The van der Waals surface area contributed by atoms with Gasteiger partial charge in [0.2, 0.25) is 0 Å². The van der Waals surface area contributed by atoms with Crippen LogP contribution in [0.4, 0.5) is 10.5 Å². The molecule has 2 heterocycles. The zero-order valence-electron chi connectivity index (χ0n) is 13.8. The quantitative estimate of drug-likeness (QED) is 0.819. The number of carbonyl (C=O) groups is 2. The Labute approximate surface area is 158 Å². The van der Waals surface area contributed by atoms with E-state index in [0.29, 0.717) is 41.2 Å². The number of nitrogens with two attached hydrogens (primary N) is 1. The molecule has 3 N–H and O–H groups in total. The first-order valence-corrected chi connectivity index (χ1v) is 8.82. The number of hydrogen-bond acceptors (Lipinski definition) is 3. The molecule has 136 valence electrons. The van der Waals surface area contributed by atoms with E-state index in [4.69, 9.17) is 17.3 Å². The van der Waals surface area contributed by atoms with E-state index in [-0.39, 0.29) is 30.4 Å². The first-order chi connectivity index (χ1) is 11.5. The van der Waals surface area contributed by atoms with Gasteiger partial charge in [-0.15, -0.1) is 12.4 Å². The number of urea groups is 1. The number of rotatable bonds is 2. The highest BCUT2D eigenvalue weighted by Crippen LogP contribution is 2.38. The first-order valence-electron chi connectivity index (χ1n) is 8.44. The van der Waals surface area contributed by atoms with Gasteiger partial charge in [-0.25, -0.2) is 4.79 Å². The maximum atomic E-state index is 12.9. The van der Waals surface area contributed by atoms with Gasteiger partial charge in [-0.05, 0) is 42.9 Å². The number of nitrogens with one attached hydrogen (secondary N) is 1. The number of carbonyl (C=O) groups excluding carboxylic acids is 2. The van der Waals surface area contributed by atoms with Crippen LogP contribution >= 0.6 is 24.0 Å². The van der Waals surface area contributed by atoms with Crippen LogP contribution in [-0.4, -0.2) is 49.1 Å². The van der Waals surface area contributed by atoms with Gasteiger partial charge in [-0.3, -0.25) is 9.69 Å². The van der Waals surface area contributed by atoms with E-state index in [2.05, 4.69) is 5.32 Å². The topological polar surface area (TPSA) is 78.7 Å². The standard InChI is InChI=1S/C17H21ClN4O2.ClH/c18-13-3-1-10(7-15(13)22-6-5-20-17(22)24)16(23)21-8-11-2-4-14(19)12(11)9-21;/h1,3,7,11-12,14H,2,4-6,8-9,19H2,(H,20,24);1H. The Hall–Kier alpha value is -1.50. The van der Waals surface area contributed by atoms with Gasteiger partial charge in [0.05, 0.1) is 10.7 Å². The maximum absolute atomic E-state index is 12.9. The van der Waals surface area contributed by atoms with Gasteiger partial charge < -0.3 is 16.0 Å². The summed E-state index contributed by atoms with van der Waals surface area (Å²) in [6, 6.07) is 5.18. The molecule has 2 aliphatic heterocycles. The molecule has 4 rings (SSSR count).